The lowest BCUT2D eigenvalue weighted by Crippen LogP contribution is -2.60. The van der Waals surface area contributed by atoms with Crippen molar-refractivity contribution in [2.45, 2.75) is 52.2 Å². The number of nitrogens with zero attached hydrogens (tertiary/aromatic N) is 1. The quantitative estimate of drug-likeness (QED) is 0.710. The Morgan fingerprint density at radius 3 is 2.67 bits per heavy atom. The highest BCUT2D eigenvalue weighted by Crippen LogP contribution is 2.19. The lowest BCUT2D eigenvalue weighted by molar-refractivity contribution is 0.0790. The summed E-state index contributed by atoms with van der Waals surface area (Å²) in [6.45, 7) is 11.1. The molecular formula is C13H24N2. The minimum atomic E-state index is 0.307. The molecule has 3 atom stereocenters. The first-order chi connectivity index (χ1) is 7.10. The fourth-order valence-corrected chi connectivity index (χ4v) is 2.38. The van der Waals surface area contributed by atoms with Crippen molar-refractivity contribution in [2.75, 3.05) is 13.1 Å². The van der Waals surface area contributed by atoms with Crippen LogP contribution in [0.2, 0.25) is 0 Å². The van der Waals surface area contributed by atoms with Crippen LogP contribution in [0.4, 0.5) is 0 Å². The Hall–Kier alpha value is -0.520. The van der Waals surface area contributed by atoms with Crippen molar-refractivity contribution in [1.82, 2.24) is 10.2 Å². The van der Waals surface area contributed by atoms with Crippen LogP contribution in [0.5, 0.6) is 0 Å². The lowest BCUT2D eigenvalue weighted by Gasteiger charge is -2.44. The summed E-state index contributed by atoms with van der Waals surface area (Å²) in [5.74, 6) is 3.58. The van der Waals surface area contributed by atoms with Crippen LogP contribution in [0, 0.1) is 18.3 Å². The first-order valence-electron chi connectivity index (χ1n) is 6.05. The third kappa shape index (κ3) is 2.96. The van der Waals surface area contributed by atoms with Gasteiger partial charge in [0, 0.05) is 25.2 Å². The maximum absolute atomic E-state index is 5.61. The molecule has 0 spiro atoms. The molecule has 1 aliphatic heterocycles. The van der Waals surface area contributed by atoms with E-state index in [9.17, 15) is 0 Å². The average molecular weight is 208 g/mol. The first kappa shape index (κ1) is 12.5. The maximum Gasteiger partial charge on any atom is 0.0712 e. The zero-order chi connectivity index (χ0) is 11.4. The SMILES string of the molecule is C#CC(CC)N1CC(C)NCC1C(C)C. The summed E-state index contributed by atoms with van der Waals surface area (Å²) in [6, 6.07) is 1.45. The number of hydrogen-bond donors (Lipinski definition) is 1. The van der Waals surface area contributed by atoms with Crippen molar-refractivity contribution in [3.63, 3.8) is 0 Å². The Morgan fingerprint density at radius 2 is 2.20 bits per heavy atom. The van der Waals surface area contributed by atoms with Crippen LogP contribution in [0.1, 0.15) is 34.1 Å². The molecule has 0 aliphatic carbocycles. The van der Waals surface area contributed by atoms with Crippen LogP contribution < -0.4 is 5.32 Å². The molecule has 2 heteroatoms. The molecule has 15 heavy (non-hydrogen) atoms. The second-order valence-corrected chi connectivity index (χ2v) is 4.91. The van der Waals surface area contributed by atoms with Crippen molar-refractivity contribution in [2.24, 2.45) is 5.92 Å². The van der Waals surface area contributed by atoms with Gasteiger partial charge in [0.15, 0.2) is 0 Å². The zero-order valence-corrected chi connectivity index (χ0v) is 10.5. The van der Waals surface area contributed by atoms with Crippen LogP contribution in [0.25, 0.3) is 0 Å². The molecule has 0 amide bonds. The highest BCUT2D eigenvalue weighted by Gasteiger charge is 2.31. The van der Waals surface area contributed by atoms with Crippen molar-refractivity contribution < 1.29 is 0 Å². The van der Waals surface area contributed by atoms with Crippen molar-refractivity contribution in [1.29, 1.82) is 0 Å². The third-order valence-electron chi connectivity index (χ3n) is 3.34. The molecule has 2 nitrogen and oxygen atoms in total. The lowest BCUT2D eigenvalue weighted by atomic mass is 9.96. The average Bonchev–Trinajstić information content (AvgIpc) is 2.19. The van der Waals surface area contributed by atoms with E-state index >= 15 is 0 Å². The molecule has 1 heterocycles. The summed E-state index contributed by atoms with van der Waals surface area (Å²) < 4.78 is 0. The minimum absolute atomic E-state index is 0.307. The first-order valence-corrected chi connectivity index (χ1v) is 6.05. The zero-order valence-electron chi connectivity index (χ0n) is 10.5. The van der Waals surface area contributed by atoms with E-state index in [0.29, 0.717) is 24.0 Å². The smallest absolute Gasteiger partial charge is 0.0712 e. The highest BCUT2D eigenvalue weighted by atomic mass is 15.3. The van der Waals surface area contributed by atoms with Crippen LogP contribution in [-0.2, 0) is 0 Å². The summed E-state index contributed by atoms with van der Waals surface area (Å²) in [4.78, 5) is 2.51. The molecule has 1 saturated heterocycles. The summed E-state index contributed by atoms with van der Waals surface area (Å²) in [5.41, 5.74) is 0. The summed E-state index contributed by atoms with van der Waals surface area (Å²) in [6.07, 6.45) is 6.66. The van der Waals surface area contributed by atoms with Crippen LogP contribution in [-0.4, -0.2) is 36.1 Å². The molecule has 86 valence electrons. The largest absolute Gasteiger partial charge is 0.311 e. The van der Waals surface area contributed by atoms with Crippen molar-refractivity contribution in [3.8, 4) is 12.3 Å². The van der Waals surface area contributed by atoms with Crippen LogP contribution in [0.3, 0.4) is 0 Å². The molecule has 1 rings (SSSR count). The van der Waals surface area contributed by atoms with E-state index in [-0.39, 0.29) is 0 Å². The molecule has 0 saturated carbocycles. The van der Waals surface area contributed by atoms with Crippen molar-refractivity contribution >= 4 is 0 Å². The fraction of sp³-hybridized carbons (Fsp3) is 0.846. The monoisotopic (exact) mass is 208 g/mol. The van der Waals surface area contributed by atoms with Gasteiger partial charge in [0.25, 0.3) is 0 Å². The highest BCUT2D eigenvalue weighted by molar-refractivity contribution is 5.03. The molecule has 3 unspecified atom stereocenters. The molecule has 0 aromatic rings. The second kappa shape index (κ2) is 5.53. The Labute approximate surface area is 94.4 Å². The number of terminal acetylenes is 1. The van der Waals surface area contributed by atoms with E-state index in [1.807, 2.05) is 0 Å². The molecule has 0 aromatic heterocycles. The number of piperazine rings is 1. The van der Waals surface area contributed by atoms with Gasteiger partial charge in [-0.2, -0.15) is 0 Å². The topological polar surface area (TPSA) is 15.3 Å². The summed E-state index contributed by atoms with van der Waals surface area (Å²) >= 11 is 0. The van der Waals surface area contributed by atoms with Crippen LogP contribution in [0.15, 0.2) is 0 Å². The molecule has 0 radical (unpaired) electrons. The Morgan fingerprint density at radius 1 is 1.53 bits per heavy atom. The van der Waals surface area contributed by atoms with E-state index in [4.69, 9.17) is 6.42 Å². The van der Waals surface area contributed by atoms with Gasteiger partial charge in [0.05, 0.1) is 6.04 Å². The minimum Gasteiger partial charge on any atom is -0.311 e. The molecule has 1 fully saturated rings. The van der Waals surface area contributed by atoms with Gasteiger partial charge < -0.3 is 5.32 Å². The number of hydrogen-bond acceptors (Lipinski definition) is 2. The van der Waals surface area contributed by atoms with Gasteiger partial charge in [0.2, 0.25) is 0 Å². The van der Waals surface area contributed by atoms with E-state index < -0.39 is 0 Å². The molecule has 0 aromatic carbocycles. The standard InChI is InChI=1S/C13H24N2/c1-6-12(7-2)15-9-11(5)14-8-13(15)10(3)4/h1,10-14H,7-9H2,2-5H3. The number of nitrogens with one attached hydrogen (secondary N) is 1. The normalized spacial score (nSPS) is 30.1. The summed E-state index contributed by atoms with van der Waals surface area (Å²) in [7, 11) is 0. The molecule has 1 aliphatic rings. The van der Waals surface area contributed by atoms with Crippen molar-refractivity contribution in [3.05, 3.63) is 0 Å². The Balaban J connectivity index is 2.74. The third-order valence-corrected chi connectivity index (χ3v) is 3.34. The van der Waals surface area contributed by atoms with Gasteiger partial charge >= 0.3 is 0 Å². The van der Waals surface area contributed by atoms with Gasteiger partial charge in [-0.15, -0.1) is 6.42 Å². The summed E-state index contributed by atoms with van der Waals surface area (Å²) in [5, 5.41) is 3.54. The maximum atomic E-state index is 5.61. The Bertz CT molecular complexity index is 229. The fourth-order valence-electron chi connectivity index (χ4n) is 2.38. The molecule has 0 bridgehead atoms. The van der Waals surface area contributed by atoms with Gasteiger partial charge in [-0.1, -0.05) is 26.7 Å². The van der Waals surface area contributed by atoms with E-state index in [1.54, 1.807) is 0 Å². The number of rotatable bonds is 3. The molecule has 1 N–H and O–H groups in total. The van der Waals surface area contributed by atoms with Gasteiger partial charge in [-0.3, -0.25) is 4.90 Å². The predicted molar refractivity (Wildman–Crippen MR) is 65.7 cm³/mol. The van der Waals surface area contributed by atoms with Gasteiger partial charge in [-0.25, -0.2) is 0 Å². The van der Waals surface area contributed by atoms with Gasteiger partial charge in [0.1, 0.15) is 0 Å². The molecular weight excluding hydrogens is 184 g/mol. The second-order valence-electron chi connectivity index (χ2n) is 4.91. The van der Waals surface area contributed by atoms with Crippen LogP contribution >= 0.6 is 0 Å². The van der Waals surface area contributed by atoms with E-state index in [2.05, 4.69) is 43.8 Å². The van der Waals surface area contributed by atoms with E-state index in [1.165, 1.54) is 0 Å². The predicted octanol–water partition coefficient (Wildman–Crippen LogP) is 1.72. The van der Waals surface area contributed by atoms with Gasteiger partial charge in [-0.05, 0) is 19.3 Å². The van der Waals surface area contributed by atoms with E-state index in [0.717, 1.165) is 19.5 Å². The Kier molecular flexibility index (Phi) is 4.63.